The molecule has 1 amide bonds. The molecule has 1 aromatic rings. The molecule has 1 rings (SSSR count). The van der Waals surface area contributed by atoms with Crippen molar-refractivity contribution in [3.05, 3.63) is 34.9 Å². The van der Waals surface area contributed by atoms with Crippen LogP contribution in [-0.2, 0) is 14.3 Å². The van der Waals surface area contributed by atoms with Gasteiger partial charge in [0, 0.05) is 18.5 Å². The normalized spacial score (nSPS) is 12.2. The first kappa shape index (κ1) is 21.7. The number of hydrogen-bond donors (Lipinski definition) is 1. The van der Waals surface area contributed by atoms with Gasteiger partial charge in [0.2, 0.25) is 5.78 Å². The van der Waals surface area contributed by atoms with E-state index >= 15 is 0 Å². The van der Waals surface area contributed by atoms with Crippen molar-refractivity contribution in [2.45, 2.75) is 66.1 Å². The maximum absolute atomic E-state index is 12.5. The largest absolute Gasteiger partial charge is 0.454 e. The lowest BCUT2D eigenvalue weighted by Crippen LogP contribution is -2.33. The molecule has 144 valence electrons. The minimum Gasteiger partial charge on any atom is -0.454 e. The summed E-state index contributed by atoms with van der Waals surface area (Å²) in [5.41, 5.74) is 1.83. The Labute approximate surface area is 155 Å². The Hall–Kier alpha value is -2.37. The minimum atomic E-state index is -0.846. The van der Waals surface area contributed by atoms with E-state index in [0.717, 1.165) is 11.1 Å². The zero-order chi connectivity index (χ0) is 19.9. The predicted octanol–water partition coefficient (Wildman–Crippen LogP) is 3.72. The van der Waals surface area contributed by atoms with Gasteiger partial charge in [0.05, 0.1) is 0 Å². The van der Waals surface area contributed by atoms with Crippen LogP contribution in [0.15, 0.2) is 18.2 Å². The van der Waals surface area contributed by atoms with Crippen LogP contribution in [0.25, 0.3) is 0 Å². The first-order valence-corrected chi connectivity index (χ1v) is 8.77. The summed E-state index contributed by atoms with van der Waals surface area (Å²) in [5, 5.41) is 2.57. The Bertz CT molecular complexity index is 661. The van der Waals surface area contributed by atoms with Gasteiger partial charge in [-0.15, -0.1) is 0 Å². The molecule has 6 heteroatoms. The molecule has 0 unspecified atom stereocenters. The van der Waals surface area contributed by atoms with Crippen LogP contribution in [0.3, 0.4) is 0 Å². The van der Waals surface area contributed by atoms with Crippen molar-refractivity contribution in [3.8, 4) is 0 Å². The monoisotopic (exact) mass is 363 g/mol. The lowest BCUT2D eigenvalue weighted by molar-refractivity contribution is -0.146. The number of ether oxygens (including phenoxy) is 2. The zero-order valence-electron chi connectivity index (χ0n) is 16.5. The Balaban J connectivity index is 2.39. The van der Waals surface area contributed by atoms with Gasteiger partial charge in [-0.05, 0) is 59.6 Å². The Kier molecular flexibility index (Phi) is 7.80. The van der Waals surface area contributed by atoms with Gasteiger partial charge in [0.25, 0.3) is 0 Å². The highest BCUT2D eigenvalue weighted by Gasteiger charge is 2.21. The predicted molar refractivity (Wildman–Crippen MR) is 99.3 cm³/mol. The number of alkyl carbamates (subject to hydrolysis) is 1. The third-order valence-corrected chi connectivity index (χ3v) is 3.56. The number of rotatable bonds is 7. The molecule has 0 aromatic heterocycles. The molecule has 0 saturated heterocycles. The number of amides is 1. The number of hydrogen-bond acceptors (Lipinski definition) is 5. The van der Waals surface area contributed by atoms with Gasteiger partial charge < -0.3 is 14.8 Å². The second kappa shape index (κ2) is 9.36. The molecule has 0 aliphatic heterocycles. The Morgan fingerprint density at radius 3 is 2.42 bits per heavy atom. The molecule has 0 bridgehead atoms. The van der Waals surface area contributed by atoms with Gasteiger partial charge in [0.15, 0.2) is 6.10 Å². The fourth-order valence-electron chi connectivity index (χ4n) is 2.27. The smallest absolute Gasteiger partial charge is 0.407 e. The van der Waals surface area contributed by atoms with Crippen LogP contribution in [0, 0.1) is 13.8 Å². The number of carbonyl (C=O) groups excluding carboxylic acids is 3. The number of nitrogens with one attached hydrogen (secondary N) is 1. The first-order chi connectivity index (χ1) is 12.0. The number of benzene rings is 1. The van der Waals surface area contributed by atoms with Crippen LogP contribution in [0.2, 0.25) is 0 Å². The van der Waals surface area contributed by atoms with Crippen LogP contribution in [0.4, 0.5) is 4.79 Å². The van der Waals surface area contributed by atoms with Crippen LogP contribution in [0.5, 0.6) is 0 Å². The highest BCUT2D eigenvalue weighted by molar-refractivity contribution is 6.01. The van der Waals surface area contributed by atoms with Crippen LogP contribution in [-0.4, -0.2) is 36.1 Å². The molecule has 0 aliphatic rings. The molecule has 0 radical (unpaired) electrons. The van der Waals surface area contributed by atoms with Crippen molar-refractivity contribution < 1.29 is 23.9 Å². The highest BCUT2D eigenvalue weighted by atomic mass is 16.6. The summed E-state index contributed by atoms with van der Waals surface area (Å²) in [7, 11) is 0. The third kappa shape index (κ3) is 7.68. The van der Waals surface area contributed by atoms with E-state index in [-0.39, 0.29) is 12.2 Å². The third-order valence-electron chi connectivity index (χ3n) is 3.56. The number of carbonyl (C=O) groups is 3. The average molecular weight is 363 g/mol. The topological polar surface area (TPSA) is 81.7 Å². The van der Waals surface area contributed by atoms with E-state index in [9.17, 15) is 14.4 Å². The minimum absolute atomic E-state index is 0.111. The molecule has 26 heavy (non-hydrogen) atoms. The van der Waals surface area contributed by atoms with Crippen molar-refractivity contribution >= 4 is 17.8 Å². The van der Waals surface area contributed by atoms with E-state index in [1.807, 2.05) is 26.0 Å². The van der Waals surface area contributed by atoms with Crippen LogP contribution in [0.1, 0.15) is 62.0 Å². The van der Waals surface area contributed by atoms with E-state index in [2.05, 4.69) is 5.32 Å². The average Bonchev–Trinajstić information content (AvgIpc) is 2.51. The summed E-state index contributed by atoms with van der Waals surface area (Å²) in [6.07, 6.45) is -0.853. The molecular formula is C20H29NO5. The quantitative estimate of drug-likeness (QED) is 0.453. The second-order valence-electron chi connectivity index (χ2n) is 7.35. The van der Waals surface area contributed by atoms with Gasteiger partial charge >= 0.3 is 12.1 Å². The molecule has 6 nitrogen and oxygen atoms in total. The van der Waals surface area contributed by atoms with Gasteiger partial charge in [-0.1, -0.05) is 17.7 Å². The van der Waals surface area contributed by atoms with Crippen molar-refractivity contribution in [3.63, 3.8) is 0 Å². The summed E-state index contributed by atoms with van der Waals surface area (Å²) in [6.45, 7) is 11.0. The van der Waals surface area contributed by atoms with E-state index < -0.39 is 23.8 Å². The van der Waals surface area contributed by atoms with Crippen molar-refractivity contribution in [1.82, 2.24) is 5.32 Å². The summed E-state index contributed by atoms with van der Waals surface area (Å²) in [4.78, 5) is 35.8. The van der Waals surface area contributed by atoms with Crippen molar-refractivity contribution in [2.75, 3.05) is 6.54 Å². The lowest BCUT2D eigenvalue weighted by atomic mass is 9.99. The summed E-state index contributed by atoms with van der Waals surface area (Å²) in [6, 6.07) is 5.60. The number of ketones is 1. The number of Topliss-reactive ketones (excluding diaryl/α,β-unsaturated/α-hetero) is 1. The summed E-state index contributed by atoms with van der Waals surface area (Å²) >= 11 is 0. The fourth-order valence-corrected chi connectivity index (χ4v) is 2.27. The highest BCUT2D eigenvalue weighted by Crippen LogP contribution is 2.15. The number of aryl methyl sites for hydroxylation is 2. The van der Waals surface area contributed by atoms with Gasteiger partial charge in [-0.25, -0.2) is 4.79 Å². The molecule has 0 aliphatic carbocycles. The molecular weight excluding hydrogens is 334 g/mol. The van der Waals surface area contributed by atoms with E-state index in [4.69, 9.17) is 9.47 Å². The summed E-state index contributed by atoms with van der Waals surface area (Å²) in [5.74, 6) is -0.687. The molecule has 0 spiro atoms. The lowest BCUT2D eigenvalue weighted by Gasteiger charge is -2.19. The van der Waals surface area contributed by atoms with Gasteiger partial charge in [0.1, 0.15) is 5.60 Å². The number of esters is 1. The first-order valence-electron chi connectivity index (χ1n) is 8.77. The van der Waals surface area contributed by atoms with Crippen LogP contribution >= 0.6 is 0 Å². The molecule has 1 atom stereocenters. The standard InChI is InChI=1S/C20H29NO5/c1-13-9-10-14(2)16(12-13)18(23)15(3)25-17(22)8-7-11-21-19(24)26-20(4,5)6/h9-10,12,15H,7-8,11H2,1-6H3,(H,21,24)/t15-/m0/s1. The van der Waals surface area contributed by atoms with E-state index in [1.54, 1.807) is 33.8 Å². The maximum Gasteiger partial charge on any atom is 0.407 e. The van der Waals surface area contributed by atoms with E-state index in [0.29, 0.717) is 18.5 Å². The molecule has 0 saturated carbocycles. The molecule has 0 heterocycles. The second-order valence-corrected chi connectivity index (χ2v) is 7.35. The SMILES string of the molecule is Cc1ccc(C)c(C(=O)[C@H](C)OC(=O)CCCNC(=O)OC(C)(C)C)c1. The maximum atomic E-state index is 12.5. The van der Waals surface area contributed by atoms with Crippen LogP contribution < -0.4 is 5.32 Å². The molecule has 1 aromatic carbocycles. The summed E-state index contributed by atoms with van der Waals surface area (Å²) < 4.78 is 10.3. The van der Waals surface area contributed by atoms with Gasteiger partial charge in [-0.3, -0.25) is 9.59 Å². The van der Waals surface area contributed by atoms with Crippen molar-refractivity contribution in [2.24, 2.45) is 0 Å². The zero-order valence-corrected chi connectivity index (χ0v) is 16.5. The molecule has 0 fully saturated rings. The molecule has 1 N–H and O–H groups in total. The van der Waals surface area contributed by atoms with E-state index in [1.165, 1.54) is 0 Å². The fraction of sp³-hybridized carbons (Fsp3) is 0.550. The Morgan fingerprint density at radius 2 is 1.81 bits per heavy atom. The Morgan fingerprint density at radius 1 is 1.15 bits per heavy atom. The van der Waals surface area contributed by atoms with Crippen molar-refractivity contribution in [1.29, 1.82) is 0 Å². The van der Waals surface area contributed by atoms with Gasteiger partial charge in [-0.2, -0.15) is 0 Å².